The Morgan fingerprint density at radius 1 is 1.35 bits per heavy atom. The van der Waals surface area contributed by atoms with Crippen molar-refractivity contribution in [2.75, 3.05) is 11.9 Å². The third kappa shape index (κ3) is 4.69. The lowest BCUT2D eigenvalue weighted by Gasteiger charge is -2.13. The fourth-order valence-corrected chi connectivity index (χ4v) is 1.31. The van der Waals surface area contributed by atoms with Gasteiger partial charge < -0.3 is 10.1 Å². The summed E-state index contributed by atoms with van der Waals surface area (Å²) in [6.45, 7) is 3.87. The third-order valence-corrected chi connectivity index (χ3v) is 1.99. The van der Waals surface area contributed by atoms with E-state index in [1.165, 1.54) is 6.92 Å². The summed E-state index contributed by atoms with van der Waals surface area (Å²) in [6.07, 6.45) is 0. The molecule has 6 heteroatoms. The van der Waals surface area contributed by atoms with Crippen molar-refractivity contribution in [3.05, 3.63) is 24.3 Å². The number of ether oxygens (including phenoxy) is 1. The largest absolute Gasteiger partial charge is 0.492 e. The Labute approximate surface area is 106 Å². The van der Waals surface area contributed by atoms with Crippen LogP contribution in [0.5, 0.6) is 5.75 Å². The van der Waals surface area contributed by atoms with Gasteiger partial charge in [0.1, 0.15) is 5.75 Å². The summed E-state index contributed by atoms with van der Waals surface area (Å²) < 4.78 is 5.43. The predicted octanol–water partition coefficient (Wildman–Crippen LogP) is 1.42. The number of hydrogen-bond acceptors (Lipinski definition) is 3. The number of hydrogen-bond donors (Lipinski definition) is 3. The highest BCUT2D eigenvalue weighted by Crippen LogP contribution is 2.23. The second kappa shape index (κ2) is 6.70. The topological polar surface area (TPSA) is 62.4 Å². The van der Waals surface area contributed by atoms with Crippen molar-refractivity contribution in [3.8, 4) is 5.75 Å². The van der Waals surface area contributed by atoms with Gasteiger partial charge in [-0.15, -0.1) is 0 Å². The molecular weight excluding hydrogens is 238 g/mol. The molecule has 0 heterocycles. The molecule has 1 amide bonds. The van der Waals surface area contributed by atoms with Crippen molar-refractivity contribution in [3.63, 3.8) is 0 Å². The van der Waals surface area contributed by atoms with Crippen LogP contribution in [-0.2, 0) is 4.79 Å². The molecule has 0 aromatic heterocycles. The van der Waals surface area contributed by atoms with Gasteiger partial charge in [0.25, 0.3) is 0 Å². The predicted molar refractivity (Wildman–Crippen MR) is 70.8 cm³/mol. The molecule has 0 radical (unpaired) electrons. The number of rotatable bonds is 3. The van der Waals surface area contributed by atoms with Gasteiger partial charge in [0.05, 0.1) is 12.3 Å². The molecule has 5 nitrogen and oxygen atoms in total. The van der Waals surface area contributed by atoms with Crippen LogP contribution in [0.25, 0.3) is 0 Å². The summed E-state index contributed by atoms with van der Waals surface area (Å²) in [5.41, 5.74) is 5.70. The number of hydrazine groups is 1. The third-order valence-electron chi connectivity index (χ3n) is 1.79. The van der Waals surface area contributed by atoms with E-state index >= 15 is 0 Å². The number of carbonyl (C=O) groups excluding carboxylic acids is 1. The zero-order chi connectivity index (χ0) is 12.7. The molecule has 0 spiro atoms. The van der Waals surface area contributed by atoms with Gasteiger partial charge in [0.2, 0.25) is 5.91 Å². The average Bonchev–Trinajstić information content (AvgIpc) is 2.29. The second-order valence-electron chi connectivity index (χ2n) is 3.19. The van der Waals surface area contributed by atoms with Crippen LogP contribution in [0.2, 0.25) is 0 Å². The molecule has 3 N–H and O–H groups in total. The van der Waals surface area contributed by atoms with Crippen LogP contribution >= 0.6 is 12.2 Å². The van der Waals surface area contributed by atoms with Crippen LogP contribution in [0.4, 0.5) is 5.69 Å². The SMILES string of the molecule is CCOc1ccccc1NC(=S)NNC(C)=O. The van der Waals surface area contributed by atoms with Gasteiger partial charge in [-0.2, -0.15) is 0 Å². The lowest BCUT2D eigenvalue weighted by molar-refractivity contribution is -0.119. The fraction of sp³-hybridized carbons (Fsp3) is 0.273. The maximum atomic E-state index is 10.7. The molecule has 0 aliphatic carbocycles. The van der Waals surface area contributed by atoms with Gasteiger partial charge >= 0.3 is 0 Å². The first-order valence-electron chi connectivity index (χ1n) is 5.19. The summed E-state index contributed by atoms with van der Waals surface area (Å²) in [7, 11) is 0. The first-order valence-corrected chi connectivity index (χ1v) is 5.59. The normalized spacial score (nSPS) is 9.29. The Kier molecular flexibility index (Phi) is 5.22. The molecule has 0 aliphatic heterocycles. The minimum Gasteiger partial charge on any atom is -0.492 e. The van der Waals surface area contributed by atoms with E-state index in [4.69, 9.17) is 17.0 Å². The maximum Gasteiger partial charge on any atom is 0.235 e. The molecule has 1 aromatic rings. The maximum absolute atomic E-state index is 10.7. The Hall–Kier alpha value is -1.82. The summed E-state index contributed by atoms with van der Waals surface area (Å²) in [4.78, 5) is 10.7. The molecule has 0 saturated heterocycles. The Morgan fingerprint density at radius 3 is 2.71 bits per heavy atom. The number of anilines is 1. The fourth-order valence-electron chi connectivity index (χ4n) is 1.15. The monoisotopic (exact) mass is 253 g/mol. The van der Waals surface area contributed by atoms with Crippen molar-refractivity contribution < 1.29 is 9.53 Å². The van der Waals surface area contributed by atoms with Crippen molar-refractivity contribution >= 4 is 28.9 Å². The summed E-state index contributed by atoms with van der Waals surface area (Å²) in [6, 6.07) is 7.42. The highest BCUT2D eigenvalue weighted by molar-refractivity contribution is 7.80. The smallest absolute Gasteiger partial charge is 0.235 e. The van der Waals surface area contributed by atoms with Gasteiger partial charge in [0.15, 0.2) is 5.11 Å². The summed E-state index contributed by atoms with van der Waals surface area (Å²) >= 11 is 5.01. The number of thiocarbonyl (C=S) groups is 1. The lowest BCUT2D eigenvalue weighted by Crippen LogP contribution is -2.42. The van der Waals surface area contributed by atoms with Gasteiger partial charge in [-0.1, -0.05) is 12.1 Å². The van der Waals surface area contributed by atoms with Crippen molar-refractivity contribution in [2.24, 2.45) is 0 Å². The van der Waals surface area contributed by atoms with E-state index in [-0.39, 0.29) is 5.91 Å². The van der Waals surface area contributed by atoms with Crippen LogP contribution < -0.4 is 20.9 Å². The van der Waals surface area contributed by atoms with Crippen LogP contribution in [0.3, 0.4) is 0 Å². The van der Waals surface area contributed by atoms with E-state index in [1.807, 2.05) is 31.2 Å². The molecule has 0 atom stereocenters. The highest BCUT2D eigenvalue weighted by atomic mass is 32.1. The van der Waals surface area contributed by atoms with Crippen LogP contribution in [0.1, 0.15) is 13.8 Å². The molecular formula is C11H15N3O2S. The molecule has 0 aliphatic rings. The second-order valence-corrected chi connectivity index (χ2v) is 3.60. The van der Waals surface area contributed by atoms with Gasteiger partial charge in [-0.3, -0.25) is 15.6 Å². The Morgan fingerprint density at radius 2 is 2.06 bits per heavy atom. The van der Waals surface area contributed by atoms with Crippen LogP contribution in [-0.4, -0.2) is 17.6 Å². The quantitative estimate of drug-likeness (QED) is 0.562. The summed E-state index contributed by atoms with van der Waals surface area (Å²) in [5.74, 6) is 0.495. The molecule has 0 fully saturated rings. The molecule has 0 bridgehead atoms. The van der Waals surface area contributed by atoms with Crippen LogP contribution in [0.15, 0.2) is 24.3 Å². The zero-order valence-electron chi connectivity index (χ0n) is 9.74. The van der Waals surface area contributed by atoms with Gasteiger partial charge in [-0.05, 0) is 31.3 Å². The number of benzene rings is 1. The van der Waals surface area contributed by atoms with E-state index in [0.29, 0.717) is 17.5 Å². The van der Waals surface area contributed by atoms with E-state index in [2.05, 4.69) is 16.2 Å². The lowest BCUT2D eigenvalue weighted by atomic mass is 10.3. The van der Waals surface area contributed by atoms with Crippen molar-refractivity contribution in [1.82, 2.24) is 10.9 Å². The number of para-hydroxylation sites is 2. The molecule has 1 aromatic carbocycles. The molecule has 92 valence electrons. The average molecular weight is 253 g/mol. The first kappa shape index (κ1) is 13.2. The minimum absolute atomic E-state index is 0.216. The molecule has 0 unspecified atom stereocenters. The molecule has 17 heavy (non-hydrogen) atoms. The van der Waals surface area contributed by atoms with E-state index in [1.54, 1.807) is 0 Å². The van der Waals surface area contributed by atoms with E-state index < -0.39 is 0 Å². The molecule has 0 saturated carbocycles. The van der Waals surface area contributed by atoms with E-state index in [0.717, 1.165) is 5.69 Å². The van der Waals surface area contributed by atoms with Crippen molar-refractivity contribution in [1.29, 1.82) is 0 Å². The zero-order valence-corrected chi connectivity index (χ0v) is 10.6. The Bertz CT molecular complexity index is 409. The number of carbonyl (C=O) groups is 1. The van der Waals surface area contributed by atoms with E-state index in [9.17, 15) is 4.79 Å². The highest BCUT2D eigenvalue weighted by Gasteiger charge is 2.04. The Balaban J connectivity index is 2.61. The van der Waals surface area contributed by atoms with Crippen LogP contribution in [0, 0.1) is 0 Å². The molecule has 1 rings (SSSR count). The number of amides is 1. The number of nitrogens with one attached hydrogen (secondary N) is 3. The standard InChI is InChI=1S/C11H15N3O2S/c1-3-16-10-7-5-4-6-9(10)12-11(17)14-13-8(2)15/h4-7H,3H2,1-2H3,(H,13,15)(H2,12,14,17). The summed E-state index contributed by atoms with van der Waals surface area (Å²) in [5, 5.41) is 3.23. The minimum atomic E-state index is -0.216. The van der Waals surface area contributed by atoms with Gasteiger partial charge in [0, 0.05) is 6.92 Å². The van der Waals surface area contributed by atoms with Gasteiger partial charge in [-0.25, -0.2) is 0 Å². The first-order chi connectivity index (χ1) is 8.13. The van der Waals surface area contributed by atoms with Crippen molar-refractivity contribution in [2.45, 2.75) is 13.8 Å².